The van der Waals surface area contributed by atoms with E-state index < -0.39 is 0 Å². The van der Waals surface area contributed by atoms with Crippen LogP contribution in [0.2, 0.25) is 0 Å². The molecular weight excluding hydrogens is 330 g/mol. The fourth-order valence-corrected chi connectivity index (χ4v) is 2.03. The Morgan fingerprint density at radius 2 is 1.90 bits per heavy atom. The van der Waals surface area contributed by atoms with E-state index in [1.165, 1.54) is 5.56 Å². The summed E-state index contributed by atoms with van der Waals surface area (Å²) in [6, 6.07) is 9.73. The van der Waals surface area contributed by atoms with E-state index in [9.17, 15) is 4.79 Å². The molecule has 0 aliphatic carbocycles. The van der Waals surface area contributed by atoms with Crippen LogP contribution in [-0.2, 0) is 4.79 Å². The summed E-state index contributed by atoms with van der Waals surface area (Å²) in [5.74, 6) is 0.463. The Balaban J connectivity index is 2.05. The predicted octanol–water partition coefficient (Wildman–Crippen LogP) is 4.49. The molecule has 1 amide bonds. The zero-order valence-corrected chi connectivity index (χ0v) is 13.9. The smallest absolute Gasteiger partial charge is 0.228 e. The van der Waals surface area contributed by atoms with E-state index in [1.807, 2.05) is 45.0 Å². The molecule has 0 spiro atoms. The van der Waals surface area contributed by atoms with Gasteiger partial charge in [-0.2, -0.15) is 0 Å². The third-order valence-electron chi connectivity index (χ3n) is 3.00. The molecule has 2 N–H and O–H groups in total. The van der Waals surface area contributed by atoms with Gasteiger partial charge in [0.15, 0.2) is 0 Å². The van der Waals surface area contributed by atoms with Gasteiger partial charge in [-0.3, -0.25) is 4.79 Å². The number of benzene rings is 1. The van der Waals surface area contributed by atoms with Crippen molar-refractivity contribution >= 4 is 39.0 Å². The molecule has 0 saturated carbocycles. The Morgan fingerprint density at radius 1 is 1.19 bits per heavy atom. The van der Waals surface area contributed by atoms with Gasteiger partial charge in [-0.1, -0.05) is 35.8 Å². The molecule has 0 aliphatic heterocycles. The number of carbonyl (C=O) groups is 1. The number of amides is 1. The van der Waals surface area contributed by atoms with Crippen LogP contribution in [0.25, 0.3) is 0 Å². The summed E-state index contributed by atoms with van der Waals surface area (Å²) in [7, 11) is 0. The number of anilines is 3. The number of hydrogen-bond donors (Lipinski definition) is 2. The summed E-state index contributed by atoms with van der Waals surface area (Å²) >= 11 is 3.51. The van der Waals surface area contributed by atoms with Gasteiger partial charge in [0.25, 0.3) is 0 Å². The molecule has 0 atom stereocenters. The normalized spacial score (nSPS) is 10.5. The summed E-state index contributed by atoms with van der Waals surface area (Å²) in [6.07, 6.45) is 1.70. The number of nitrogens with one attached hydrogen (secondary N) is 2. The van der Waals surface area contributed by atoms with E-state index in [0.29, 0.717) is 5.82 Å². The maximum Gasteiger partial charge on any atom is 0.228 e. The van der Waals surface area contributed by atoms with Crippen LogP contribution in [0.3, 0.4) is 0 Å². The van der Waals surface area contributed by atoms with E-state index in [-0.39, 0.29) is 11.8 Å². The van der Waals surface area contributed by atoms with Crippen molar-refractivity contribution in [3.05, 3.63) is 46.6 Å². The first-order chi connectivity index (χ1) is 9.95. The molecule has 1 aromatic heterocycles. The number of nitrogens with zero attached hydrogens (tertiary/aromatic N) is 1. The number of carbonyl (C=O) groups excluding carboxylic acids is 1. The molecule has 4 nitrogen and oxygen atoms in total. The lowest BCUT2D eigenvalue weighted by molar-refractivity contribution is -0.118. The van der Waals surface area contributed by atoms with Crippen molar-refractivity contribution in [2.45, 2.75) is 20.8 Å². The van der Waals surface area contributed by atoms with Gasteiger partial charge in [0.05, 0.1) is 11.9 Å². The lowest BCUT2D eigenvalue weighted by Crippen LogP contribution is -2.18. The largest absolute Gasteiger partial charge is 0.354 e. The van der Waals surface area contributed by atoms with Crippen LogP contribution < -0.4 is 10.6 Å². The van der Waals surface area contributed by atoms with Gasteiger partial charge in [0.2, 0.25) is 5.91 Å². The van der Waals surface area contributed by atoms with Gasteiger partial charge in [-0.15, -0.1) is 0 Å². The van der Waals surface area contributed by atoms with Crippen molar-refractivity contribution in [1.29, 1.82) is 0 Å². The van der Waals surface area contributed by atoms with Crippen molar-refractivity contribution in [1.82, 2.24) is 4.98 Å². The molecule has 0 fully saturated rings. The average Bonchev–Trinajstić information content (AvgIpc) is 2.45. The minimum atomic E-state index is -0.0606. The molecule has 5 heteroatoms. The van der Waals surface area contributed by atoms with Crippen LogP contribution in [-0.4, -0.2) is 10.9 Å². The molecule has 0 bridgehead atoms. The quantitative estimate of drug-likeness (QED) is 0.856. The number of aryl methyl sites for hydroxylation is 1. The van der Waals surface area contributed by atoms with Crippen molar-refractivity contribution in [2.24, 2.45) is 5.92 Å². The maximum absolute atomic E-state index is 11.6. The summed E-state index contributed by atoms with van der Waals surface area (Å²) in [5, 5.41) is 6.03. The molecule has 1 heterocycles. The van der Waals surface area contributed by atoms with Crippen LogP contribution in [0, 0.1) is 12.8 Å². The summed E-state index contributed by atoms with van der Waals surface area (Å²) in [4.78, 5) is 15.8. The standard InChI is InChI=1S/C16H18BrN3O/c1-10(2)16(21)20-15-7-6-13(9-18-15)19-12-5-4-11(3)14(17)8-12/h4-10,19H,1-3H3,(H,18,20,21). The summed E-state index contributed by atoms with van der Waals surface area (Å²) in [5.41, 5.74) is 3.03. The number of pyridine rings is 1. The molecule has 0 saturated heterocycles. The van der Waals surface area contributed by atoms with Crippen LogP contribution >= 0.6 is 15.9 Å². The lowest BCUT2D eigenvalue weighted by atomic mass is 10.2. The first kappa shape index (κ1) is 15.5. The summed E-state index contributed by atoms with van der Waals surface area (Å²) in [6.45, 7) is 5.74. The number of hydrogen-bond acceptors (Lipinski definition) is 3. The van der Waals surface area contributed by atoms with Crippen molar-refractivity contribution in [3.63, 3.8) is 0 Å². The maximum atomic E-state index is 11.6. The topological polar surface area (TPSA) is 54.0 Å². The molecule has 0 radical (unpaired) electrons. The molecule has 0 aliphatic rings. The van der Waals surface area contributed by atoms with E-state index in [1.54, 1.807) is 12.3 Å². The number of rotatable bonds is 4. The molecule has 0 unspecified atom stereocenters. The SMILES string of the molecule is Cc1ccc(Nc2ccc(NC(=O)C(C)C)nc2)cc1Br. The van der Waals surface area contributed by atoms with Crippen LogP contribution in [0.4, 0.5) is 17.2 Å². The fraction of sp³-hybridized carbons (Fsp3) is 0.250. The molecule has 2 aromatic rings. The number of halogens is 1. The molecule has 2 rings (SSSR count). The monoisotopic (exact) mass is 347 g/mol. The zero-order chi connectivity index (χ0) is 15.4. The van der Waals surface area contributed by atoms with Crippen molar-refractivity contribution in [2.75, 3.05) is 10.6 Å². The highest BCUT2D eigenvalue weighted by molar-refractivity contribution is 9.10. The Hall–Kier alpha value is -1.88. The Labute approximate surface area is 133 Å². The molecule has 1 aromatic carbocycles. The second-order valence-corrected chi connectivity index (χ2v) is 6.02. The van der Waals surface area contributed by atoms with Gasteiger partial charge in [-0.05, 0) is 36.8 Å². The number of aromatic nitrogens is 1. The third-order valence-corrected chi connectivity index (χ3v) is 3.85. The fourth-order valence-electron chi connectivity index (χ4n) is 1.65. The highest BCUT2D eigenvalue weighted by Gasteiger charge is 2.07. The highest BCUT2D eigenvalue weighted by Crippen LogP contribution is 2.23. The van der Waals surface area contributed by atoms with Crippen LogP contribution in [0.1, 0.15) is 19.4 Å². The van der Waals surface area contributed by atoms with Gasteiger partial charge in [0.1, 0.15) is 5.82 Å². The lowest BCUT2D eigenvalue weighted by Gasteiger charge is -2.10. The first-order valence-electron chi connectivity index (χ1n) is 6.76. The highest BCUT2D eigenvalue weighted by atomic mass is 79.9. The van der Waals surface area contributed by atoms with Gasteiger partial charge in [0, 0.05) is 16.1 Å². The predicted molar refractivity (Wildman–Crippen MR) is 89.9 cm³/mol. The van der Waals surface area contributed by atoms with Gasteiger partial charge in [-0.25, -0.2) is 4.98 Å². The van der Waals surface area contributed by atoms with E-state index in [2.05, 4.69) is 31.5 Å². The Morgan fingerprint density at radius 3 is 2.48 bits per heavy atom. The van der Waals surface area contributed by atoms with Gasteiger partial charge < -0.3 is 10.6 Å². The zero-order valence-electron chi connectivity index (χ0n) is 12.3. The molecule has 110 valence electrons. The van der Waals surface area contributed by atoms with Gasteiger partial charge >= 0.3 is 0 Å². The van der Waals surface area contributed by atoms with Crippen LogP contribution in [0.15, 0.2) is 41.0 Å². The second kappa shape index (κ2) is 6.72. The average molecular weight is 348 g/mol. The first-order valence-corrected chi connectivity index (χ1v) is 7.55. The minimum Gasteiger partial charge on any atom is -0.354 e. The summed E-state index contributed by atoms with van der Waals surface area (Å²) < 4.78 is 1.06. The van der Waals surface area contributed by atoms with Crippen LogP contribution in [0.5, 0.6) is 0 Å². The van der Waals surface area contributed by atoms with E-state index >= 15 is 0 Å². The van der Waals surface area contributed by atoms with Crippen molar-refractivity contribution in [3.8, 4) is 0 Å². The Bertz CT molecular complexity index is 638. The molecular formula is C16H18BrN3O. The van der Waals surface area contributed by atoms with E-state index in [0.717, 1.165) is 15.8 Å². The van der Waals surface area contributed by atoms with E-state index in [4.69, 9.17) is 0 Å². The second-order valence-electron chi connectivity index (χ2n) is 5.17. The third kappa shape index (κ3) is 4.29. The van der Waals surface area contributed by atoms with Crippen molar-refractivity contribution < 1.29 is 4.79 Å². The minimum absolute atomic E-state index is 0.0364. The Kier molecular flexibility index (Phi) is 4.96. The molecule has 21 heavy (non-hydrogen) atoms.